The van der Waals surface area contributed by atoms with Gasteiger partial charge in [-0.05, 0) is 96.8 Å². The summed E-state index contributed by atoms with van der Waals surface area (Å²) in [6, 6.07) is 25.3. The van der Waals surface area contributed by atoms with Crippen LogP contribution in [-0.4, -0.2) is 34.5 Å². The molecule has 4 aromatic carbocycles. The highest BCUT2D eigenvalue weighted by Crippen LogP contribution is 2.45. The molecule has 1 aliphatic rings. The third-order valence-corrected chi connectivity index (χ3v) is 7.53. The number of rotatable bonds is 8. The minimum Gasteiger partial charge on any atom is -0.478 e. The van der Waals surface area contributed by atoms with Crippen molar-refractivity contribution < 1.29 is 48.3 Å². The minimum atomic E-state index is -1.08. The van der Waals surface area contributed by atoms with Crippen LogP contribution in [0.1, 0.15) is 63.9 Å². The van der Waals surface area contributed by atoms with Crippen molar-refractivity contribution in [2.75, 3.05) is 0 Å². The average molecular weight is 597 g/mol. The molecule has 0 bridgehead atoms. The molecule has 0 saturated heterocycles. The molecule has 1 saturated carbocycles. The van der Waals surface area contributed by atoms with Gasteiger partial charge in [0.2, 0.25) is 0 Å². The van der Waals surface area contributed by atoms with E-state index >= 15 is 0 Å². The highest BCUT2D eigenvalue weighted by atomic mass is 16.7. The Bertz CT molecular complexity index is 1520. The summed E-state index contributed by atoms with van der Waals surface area (Å²) < 4.78 is 21.0. The fourth-order valence-electron chi connectivity index (χ4n) is 5.34. The molecule has 0 heterocycles. The van der Waals surface area contributed by atoms with Crippen molar-refractivity contribution in [3.63, 3.8) is 0 Å². The molecule has 10 nitrogen and oxygen atoms in total. The second kappa shape index (κ2) is 13.1. The lowest BCUT2D eigenvalue weighted by molar-refractivity contribution is 0.0686. The van der Waals surface area contributed by atoms with Crippen LogP contribution in [0.5, 0.6) is 23.0 Å². The Kier molecular flexibility index (Phi) is 8.90. The normalized spacial score (nSPS) is 13.7. The van der Waals surface area contributed by atoms with E-state index in [1.165, 1.54) is 48.5 Å². The van der Waals surface area contributed by atoms with Crippen LogP contribution in [0, 0.1) is 0 Å². The van der Waals surface area contributed by atoms with E-state index in [4.69, 9.17) is 29.2 Å². The maximum atomic E-state index is 12.3. The van der Waals surface area contributed by atoms with Crippen molar-refractivity contribution in [3.8, 4) is 23.0 Å². The third-order valence-electron chi connectivity index (χ3n) is 7.53. The Morgan fingerprint density at radius 1 is 0.455 bits per heavy atom. The first-order chi connectivity index (χ1) is 21.2. The van der Waals surface area contributed by atoms with Gasteiger partial charge in [0.25, 0.3) is 0 Å². The Balaban J connectivity index is 1.24. The zero-order valence-corrected chi connectivity index (χ0v) is 23.4. The van der Waals surface area contributed by atoms with E-state index in [0.29, 0.717) is 11.5 Å². The first-order valence-electron chi connectivity index (χ1n) is 13.9. The third kappa shape index (κ3) is 7.04. The topological polar surface area (TPSA) is 146 Å². The molecule has 1 fully saturated rings. The van der Waals surface area contributed by atoms with E-state index < -0.39 is 24.2 Å². The van der Waals surface area contributed by atoms with Gasteiger partial charge in [-0.3, -0.25) is 0 Å². The van der Waals surface area contributed by atoms with E-state index in [2.05, 4.69) is 0 Å². The molecule has 0 aromatic heterocycles. The van der Waals surface area contributed by atoms with Crippen molar-refractivity contribution in [1.82, 2.24) is 0 Å². The van der Waals surface area contributed by atoms with Crippen LogP contribution in [0.4, 0.5) is 9.59 Å². The minimum absolute atomic E-state index is 0.0738. The van der Waals surface area contributed by atoms with Crippen LogP contribution in [0.3, 0.4) is 0 Å². The van der Waals surface area contributed by atoms with Crippen molar-refractivity contribution in [2.24, 2.45) is 0 Å². The quantitative estimate of drug-likeness (QED) is 0.155. The lowest BCUT2D eigenvalue weighted by Crippen LogP contribution is -2.30. The van der Waals surface area contributed by atoms with Gasteiger partial charge in [0.1, 0.15) is 23.0 Å². The predicted molar refractivity (Wildman–Crippen MR) is 157 cm³/mol. The molecule has 0 unspecified atom stereocenters. The first kappa shape index (κ1) is 29.8. The summed E-state index contributed by atoms with van der Waals surface area (Å²) in [5.74, 6) is -1.25. The van der Waals surface area contributed by atoms with Gasteiger partial charge in [0, 0.05) is 5.41 Å². The highest BCUT2D eigenvalue weighted by molar-refractivity contribution is 5.88. The van der Waals surface area contributed by atoms with Crippen molar-refractivity contribution in [1.29, 1.82) is 0 Å². The lowest BCUT2D eigenvalue weighted by atomic mass is 9.65. The average Bonchev–Trinajstić information content (AvgIpc) is 3.02. The molecule has 5 rings (SSSR count). The number of benzene rings is 4. The number of carboxylic acids is 2. The molecule has 0 radical (unpaired) electrons. The molecule has 10 heteroatoms. The van der Waals surface area contributed by atoms with Crippen molar-refractivity contribution in [2.45, 2.75) is 37.5 Å². The molecule has 44 heavy (non-hydrogen) atoms. The molecule has 1 aliphatic carbocycles. The van der Waals surface area contributed by atoms with Gasteiger partial charge in [-0.2, -0.15) is 0 Å². The largest absolute Gasteiger partial charge is 0.519 e. The number of carbonyl (C=O) groups excluding carboxylic acids is 2. The summed E-state index contributed by atoms with van der Waals surface area (Å²) in [6.45, 7) is 0. The lowest BCUT2D eigenvalue weighted by Gasteiger charge is -2.38. The van der Waals surface area contributed by atoms with Gasteiger partial charge >= 0.3 is 24.2 Å². The Labute approximate surface area is 252 Å². The van der Waals surface area contributed by atoms with E-state index in [0.717, 1.165) is 43.2 Å². The molecule has 224 valence electrons. The smallest absolute Gasteiger partial charge is 0.478 e. The van der Waals surface area contributed by atoms with Crippen LogP contribution < -0.4 is 18.9 Å². The zero-order valence-electron chi connectivity index (χ0n) is 23.4. The Hall–Kier alpha value is -5.64. The van der Waals surface area contributed by atoms with Gasteiger partial charge in [0.15, 0.2) is 0 Å². The first-order valence-corrected chi connectivity index (χ1v) is 13.9. The van der Waals surface area contributed by atoms with E-state index in [9.17, 15) is 19.2 Å². The van der Waals surface area contributed by atoms with Crippen LogP contribution >= 0.6 is 0 Å². The summed E-state index contributed by atoms with van der Waals surface area (Å²) >= 11 is 0. The molecule has 0 amide bonds. The van der Waals surface area contributed by atoms with Gasteiger partial charge in [0.05, 0.1) is 11.1 Å². The SMILES string of the molecule is O=C(Oc1ccc(C(=O)O)cc1)Oc1ccc(C2(c3ccc(OC(=O)Oc4ccc(C(=O)O)cc4)cc3)CCCCC2)cc1. The predicted octanol–water partition coefficient (Wildman–Crippen LogP) is 7.49. The van der Waals surface area contributed by atoms with Crippen LogP contribution in [-0.2, 0) is 5.41 Å². The number of hydrogen-bond donors (Lipinski definition) is 2. The van der Waals surface area contributed by atoms with E-state index in [-0.39, 0.29) is 28.0 Å². The molecule has 0 aliphatic heterocycles. The molecular weight excluding hydrogens is 568 g/mol. The summed E-state index contributed by atoms with van der Waals surface area (Å²) in [5.41, 5.74) is 1.98. The molecular formula is C34H28O10. The van der Waals surface area contributed by atoms with Gasteiger partial charge in [-0.1, -0.05) is 43.5 Å². The van der Waals surface area contributed by atoms with Gasteiger partial charge < -0.3 is 29.2 Å². The molecule has 4 aromatic rings. The fraction of sp³-hybridized carbons (Fsp3) is 0.176. The molecule has 0 atom stereocenters. The zero-order chi connectivity index (χ0) is 31.1. The maximum Gasteiger partial charge on any atom is 0.519 e. The number of aromatic carboxylic acids is 2. The Morgan fingerprint density at radius 3 is 1.05 bits per heavy atom. The van der Waals surface area contributed by atoms with Crippen LogP contribution in [0.2, 0.25) is 0 Å². The fourth-order valence-corrected chi connectivity index (χ4v) is 5.34. The monoisotopic (exact) mass is 596 g/mol. The van der Waals surface area contributed by atoms with Crippen molar-refractivity contribution >= 4 is 24.2 Å². The maximum absolute atomic E-state index is 12.3. The number of ether oxygens (including phenoxy) is 4. The Morgan fingerprint density at radius 2 is 0.750 bits per heavy atom. The van der Waals surface area contributed by atoms with Crippen LogP contribution in [0.15, 0.2) is 97.1 Å². The van der Waals surface area contributed by atoms with Crippen molar-refractivity contribution in [3.05, 3.63) is 119 Å². The van der Waals surface area contributed by atoms with Gasteiger partial charge in [-0.15, -0.1) is 0 Å². The standard InChI is InChI=1S/C34H28O10/c35-30(36)22-4-12-26(13-5-22)41-32(39)43-28-16-8-24(9-17-28)34(20-2-1-3-21-34)25-10-18-29(19-11-25)44-33(40)42-27-14-6-23(7-15-27)31(37)38/h4-19H,1-3,20-21H2,(H,35,36)(H,37,38). The highest BCUT2D eigenvalue weighted by Gasteiger charge is 2.35. The second-order valence-electron chi connectivity index (χ2n) is 10.3. The second-order valence-corrected chi connectivity index (χ2v) is 10.3. The summed E-state index contributed by atoms with van der Waals surface area (Å²) in [4.78, 5) is 46.6. The van der Waals surface area contributed by atoms with E-state index in [1.54, 1.807) is 24.3 Å². The summed E-state index contributed by atoms with van der Waals surface area (Å²) in [7, 11) is 0. The summed E-state index contributed by atoms with van der Waals surface area (Å²) in [5, 5.41) is 18.0. The molecule has 2 N–H and O–H groups in total. The van der Waals surface area contributed by atoms with E-state index in [1.807, 2.05) is 24.3 Å². The number of hydrogen-bond acceptors (Lipinski definition) is 8. The molecule has 0 spiro atoms. The number of carboxylic acid groups (broad SMARTS) is 2. The summed E-state index contributed by atoms with van der Waals surface area (Å²) in [6.07, 6.45) is 3.14. The number of carbonyl (C=O) groups is 4. The van der Waals surface area contributed by atoms with Gasteiger partial charge in [-0.25, -0.2) is 19.2 Å². The van der Waals surface area contributed by atoms with Crippen LogP contribution in [0.25, 0.3) is 0 Å².